The minimum atomic E-state index is 0.104. The minimum Gasteiger partial charge on any atom is -0.221 e. The molecule has 8 aromatic rings. The number of hydrogen-bond acceptors (Lipinski definition) is 8. The Kier molecular flexibility index (Phi) is 20.9. The lowest BCUT2D eigenvalue weighted by atomic mass is 9.87. The van der Waals surface area contributed by atoms with Crippen LogP contribution in [0.5, 0.6) is 0 Å². The van der Waals surface area contributed by atoms with Crippen LogP contribution in [0.4, 0.5) is 0 Å². The molecule has 0 aromatic carbocycles. The molecule has 0 aliphatic carbocycles. The zero-order valence-corrected chi connectivity index (χ0v) is 40.6. The molecule has 0 radical (unpaired) electrons. The van der Waals surface area contributed by atoms with Gasteiger partial charge < -0.3 is 0 Å². The first kappa shape index (κ1) is 52.5. The number of nitrogens with zero attached hydrogens (tertiary/aromatic N) is 12. The summed E-state index contributed by atoms with van der Waals surface area (Å²) in [4.78, 5) is 0. The van der Waals surface area contributed by atoms with Crippen molar-refractivity contribution < 1.29 is 0 Å². The highest BCUT2D eigenvalue weighted by Crippen LogP contribution is 2.26. The maximum atomic E-state index is 4.05. The highest BCUT2D eigenvalue weighted by molar-refractivity contribution is 5.55. The van der Waals surface area contributed by atoms with Crippen molar-refractivity contribution in [1.82, 2.24) is 59.3 Å². The van der Waals surface area contributed by atoms with E-state index in [4.69, 9.17) is 0 Å². The van der Waals surface area contributed by atoms with E-state index in [1.807, 2.05) is 103 Å². The summed E-state index contributed by atoms with van der Waals surface area (Å²) >= 11 is 0. The molecule has 0 saturated carbocycles. The molecule has 12 heteroatoms. The fourth-order valence-corrected chi connectivity index (χ4v) is 5.47. The van der Waals surface area contributed by atoms with Crippen molar-refractivity contribution in [3.05, 3.63) is 120 Å². The van der Waals surface area contributed by atoms with Gasteiger partial charge in [-0.2, -0.15) is 0 Å². The van der Waals surface area contributed by atoms with Crippen molar-refractivity contribution in [3.63, 3.8) is 0 Å². The Labute approximate surface area is 360 Å². The fourth-order valence-electron chi connectivity index (χ4n) is 5.47. The van der Waals surface area contributed by atoms with E-state index in [1.165, 1.54) is 22.4 Å². The van der Waals surface area contributed by atoms with Crippen molar-refractivity contribution in [3.8, 4) is 0 Å². The molecule has 0 saturated heterocycles. The van der Waals surface area contributed by atoms with Crippen LogP contribution in [0.2, 0.25) is 0 Å². The summed E-state index contributed by atoms with van der Waals surface area (Å²) in [6, 6.07) is 18.6. The Hall–Kier alpha value is -5.52. The Morgan fingerprint density at radius 2 is 0.933 bits per heavy atom. The molecule has 328 valence electrons. The summed E-state index contributed by atoms with van der Waals surface area (Å²) in [5, 5.41) is 31.3. The monoisotopic (exact) mass is 821 g/mol. The van der Waals surface area contributed by atoms with Crippen LogP contribution in [0.1, 0.15) is 161 Å². The number of fused-ring (bicyclic) bond motifs is 4. The van der Waals surface area contributed by atoms with Crippen LogP contribution in [0.15, 0.2) is 98.0 Å². The maximum absolute atomic E-state index is 4.05. The summed E-state index contributed by atoms with van der Waals surface area (Å²) in [6.07, 6.45) is 13.0. The topological polar surface area (TPSA) is 121 Å². The van der Waals surface area contributed by atoms with E-state index in [0.717, 1.165) is 22.1 Å². The molecule has 0 fully saturated rings. The van der Waals surface area contributed by atoms with Crippen LogP contribution >= 0.6 is 0 Å². The van der Waals surface area contributed by atoms with Crippen LogP contribution in [0.3, 0.4) is 0 Å². The predicted molar refractivity (Wildman–Crippen MR) is 252 cm³/mol. The van der Waals surface area contributed by atoms with Crippen molar-refractivity contribution in [1.29, 1.82) is 0 Å². The molecule has 8 rings (SSSR count). The Bertz CT molecular complexity index is 2200. The lowest BCUT2D eigenvalue weighted by molar-refractivity contribution is 0.544. The van der Waals surface area contributed by atoms with E-state index in [2.05, 4.69) is 155 Å². The number of hydrogen-bond donors (Lipinski definition) is 0. The molecule has 0 amide bonds. The molecule has 0 atom stereocenters. The van der Waals surface area contributed by atoms with Gasteiger partial charge in [0.1, 0.15) is 0 Å². The average molecular weight is 821 g/mol. The van der Waals surface area contributed by atoms with Gasteiger partial charge in [0.2, 0.25) is 0 Å². The third-order valence-corrected chi connectivity index (χ3v) is 8.57. The van der Waals surface area contributed by atoms with Gasteiger partial charge in [0, 0.05) is 29.7 Å². The standard InChI is InChI=1S/4C10H13N3.4C2H6/c1-10(2,3)8-4-5-9-6-11-12-13(9)7-8;1-10(2,3)8-4-5-13-9(6-8)7-11-12-13;1-10(2,3)8-5-4-6-13-9(8)7-11-12-13;1-10(2,3)9-6-4-5-8-7-11-12-13(8)9;4*1-2/h4*4-7H,1-3H3;4*1-2H3. The molecular formula is C48H76N12. The highest BCUT2D eigenvalue weighted by atomic mass is 15.4. The van der Waals surface area contributed by atoms with Gasteiger partial charge >= 0.3 is 0 Å². The van der Waals surface area contributed by atoms with Gasteiger partial charge in [0.25, 0.3) is 0 Å². The second-order valence-electron chi connectivity index (χ2n) is 17.0. The Morgan fingerprint density at radius 3 is 1.52 bits per heavy atom. The van der Waals surface area contributed by atoms with Gasteiger partial charge in [0.15, 0.2) is 0 Å². The summed E-state index contributed by atoms with van der Waals surface area (Å²) < 4.78 is 7.27. The van der Waals surface area contributed by atoms with Crippen molar-refractivity contribution in [2.45, 2.75) is 160 Å². The van der Waals surface area contributed by atoms with Gasteiger partial charge in [-0.1, -0.05) is 178 Å². The molecule has 0 bridgehead atoms. The van der Waals surface area contributed by atoms with Gasteiger partial charge in [-0.05, 0) is 69.3 Å². The summed E-state index contributed by atoms with van der Waals surface area (Å²) in [5.74, 6) is 0. The summed E-state index contributed by atoms with van der Waals surface area (Å²) in [7, 11) is 0. The van der Waals surface area contributed by atoms with Crippen molar-refractivity contribution in [2.75, 3.05) is 0 Å². The lowest BCUT2D eigenvalue weighted by Crippen LogP contribution is -2.16. The first-order valence-electron chi connectivity index (χ1n) is 21.5. The van der Waals surface area contributed by atoms with Gasteiger partial charge in [0.05, 0.1) is 46.9 Å². The van der Waals surface area contributed by atoms with E-state index in [0.29, 0.717) is 0 Å². The van der Waals surface area contributed by atoms with Crippen molar-refractivity contribution in [2.24, 2.45) is 0 Å². The molecule has 0 aliphatic heterocycles. The Balaban J connectivity index is 0.000000378. The largest absolute Gasteiger partial charge is 0.221 e. The third-order valence-electron chi connectivity index (χ3n) is 8.57. The Morgan fingerprint density at radius 1 is 0.400 bits per heavy atom. The van der Waals surface area contributed by atoms with Gasteiger partial charge in [-0.3, -0.25) is 0 Å². The summed E-state index contributed by atoms with van der Waals surface area (Å²) in [6.45, 7) is 42.2. The van der Waals surface area contributed by atoms with Crippen LogP contribution in [0.25, 0.3) is 22.1 Å². The quantitative estimate of drug-likeness (QED) is 0.148. The minimum absolute atomic E-state index is 0.104. The zero-order chi connectivity index (χ0) is 45.9. The second kappa shape index (κ2) is 23.9. The van der Waals surface area contributed by atoms with E-state index in [1.54, 1.807) is 38.3 Å². The molecule has 0 spiro atoms. The van der Waals surface area contributed by atoms with Gasteiger partial charge in [-0.15, -0.1) is 20.4 Å². The molecule has 8 heterocycles. The predicted octanol–water partition coefficient (Wildman–Crippen LogP) is 12.2. The van der Waals surface area contributed by atoms with Crippen molar-refractivity contribution >= 4 is 22.1 Å². The van der Waals surface area contributed by atoms with Gasteiger partial charge in [-0.25, -0.2) is 18.1 Å². The number of pyridine rings is 4. The van der Waals surface area contributed by atoms with Crippen LogP contribution in [0, 0.1) is 0 Å². The molecule has 8 aromatic heterocycles. The van der Waals surface area contributed by atoms with E-state index in [-0.39, 0.29) is 21.7 Å². The normalized spacial score (nSPS) is 11.0. The summed E-state index contributed by atoms with van der Waals surface area (Å²) in [5.41, 5.74) is 9.86. The first-order valence-corrected chi connectivity index (χ1v) is 21.5. The SMILES string of the molecule is CC.CC.CC.CC.CC(C)(C)c1ccc2cnnn2c1.CC(C)(C)c1cccc2cnnn12.CC(C)(C)c1cccn2nncc12.CC(C)(C)c1ccn2nncc2c1. The second-order valence-corrected chi connectivity index (χ2v) is 17.0. The molecule has 60 heavy (non-hydrogen) atoms. The van der Waals surface area contributed by atoms with Crippen LogP contribution < -0.4 is 0 Å². The molecule has 0 unspecified atom stereocenters. The zero-order valence-electron chi connectivity index (χ0n) is 40.6. The van der Waals surface area contributed by atoms with Crippen LogP contribution in [-0.2, 0) is 21.7 Å². The number of rotatable bonds is 0. The highest BCUT2D eigenvalue weighted by Gasteiger charge is 2.19. The fraction of sp³-hybridized carbons (Fsp3) is 0.500. The van der Waals surface area contributed by atoms with E-state index >= 15 is 0 Å². The molecule has 0 N–H and O–H groups in total. The lowest BCUT2D eigenvalue weighted by Gasteiger charge is -2.19. The first-order chi connectivity index (χ1) is 28.3. The van der Waals surface area contributed by atoms with E-state index in [9.17, 15) is 0 Å². The average Bonchev–Trinajstić information content (AvgIpc) is 4.07. The molecular weight excluding hydrogens is 745 g/mol. The molecule has 12 nitrogen and oxygen atoms in total. The number of aromatic nitrogens is 12. The maximum Gasteiger partial charge on any atom is 0.0902 e. The molecule has 0 aliphatic rings. The smallest absolute Gasteiger partial charge is 0.0902 e. The van der Waals surface area contributed by atoms with Crippen LogP contribution in [-0.4, -0.2) is 59.3 Å². The van der Waals surface area contributed by atoms with E-state index < -0.39 is 0 Å². The third kappa shape index (κ3) is 14.9.